The van der Waals surface area contributed by atoms with E-state index >= 15 is 0 Å². The molecular weight excluding hydrogens is 300 g/mol. The molecule has 6 heteroatoms. The zero-order valence-electron chi connectivity index (χ0n) is 14.2. The fourth-order valence-corrected chi connectivity index (χ4v) is 3.50. The first-order chi connectivity index (χ1) is 11.7. The molecule has 0 radical (unpaired) electrons. The Morgan fingerprint density at radius 2 is 1.96 bits per heavy atom. The van der Waals surface area contributed by atoms with Crippen LogP contribution in [0.25, 0.3) is 11.0 Å². The van der Waals surface area contributed by atoms with Crippen molar-refractivity contribution in [3.05, 3.63) is 42.1 Å². The smallest absolute Gasteiger partial charge is 0.147 e. The van der Waals surface area contributed by atoms with Crippen molar-refractivity contribution in [2.75, 3.05) is 18.0 Å². The minimum Gasteiger partial charge on any atom is -0.355 e. The number of anilines is 1. The molecule has 3 heterocycles. The van der Waals surface area contributed by atoms with E-state index in [1.54, 1.807) is 0 Å². The van der Waals surface area contributed by atoms with Crippen molar-refractivity contribution in [2.45, 2.75) is 33.2 Å². The van der Waals surface area contributed by atoms with Crippen molar-refractivity contribution in [1.29, 1.82) is 0 Å². The second kappa shape index (κ2) is 6.19. The molecule has 0 amide bonds. The van der Waals surface area contributed by atoms with Gasteiger partial charge in [-0.3, -0.25) is 4.98 Å². The number of rotatable bonds is 3. The molecule has 0 spiro atoms. The molecule has 1 aliphatic heterocycles. The normalized spacial score (nSPS) is 18.2. The Labute approximate surface area is 141 Å². The summed E-state index contributed by atoms with van der Waals surface area (Å²) in [6.07, 6.45) is 4.29. The van der Waals surface area contributed by atoms with E-state index in [9.17, 15) is 0 Å². The second-order valence-corrected chi connectivity index (χ2v) is 6.56. The van der Waals surface area contributed by atoms with Gasteiger partial charge >= 0.3 is 0 Å². The highest BCUT2D eigenvalue weighted by Crippen LogP contribution is 2.24. The van der Waals surface area contributed by atoms with Gasteiger partial charge in [0.1, 0.15) is 17.5 Å². The summed E-state index contributed by atoms with van der Waals surface area (Å²) in [5, 5.41) is 4.50. The highest BCUT2D eigenvalue weighted by atomic mass is 15.3. The van der Waals surface area contributed by atoms with Gasteiger partial charge < -0.3 is 4.90 Å². The largest absolute Gasteiger partial charge is 0.355 e. The van der Waals surface area contributed by atoms with Crippen LogP contribution in [0.4, 0.5) is 5.82 Å². The van der Waals surface area contributed by atoms with Gasteiger partial charge in [0.2, 0.25) is 0 Å². The van der Waals surface area contributed by atoms with Crippen LogP contribution < -0.4 is 4.90 Å². The molecule has 0 N–H and O–H groups in total. The molecule has 124 valence electrons. The summed E-state index contributed by atoms with van der Waals surface area (Å²) < 4.78 is 2.04. The van der Waals surface area contributed by atoms with Crippen molar-refractivity contribution in [2.24, 2.45) is 5.92 Å². The maximum absolute atomic E-state index is 4.79. The van der Waals surface area contributed by atoms with Gasteiger partial charge in [0.15, 0.2) is 0 Å². The molecule has 1 aromatic carbocycles. The SMILES string of the molecule is Cc1nc(C)n(C[C@@H]2CCCN(c3cnc4ccccc4n3)C2)n1. The first-order valence-corrected chi connectivity index (χ1v) is 8.54. The monoisotopic (exact) mass is 322 g/mol. The zero-order valence-corrected chi connectivity index (χ0v) is 14.2. The van der Waals surface area contributed by atoms with Crippen molar-refractivity contribution in [1.82, 2.24) is 24.7 Å². The summed E-state index contributed by atoms with van der Waals surface area (Å²) in [5.74, 6) is 3.38. The number of benzene rings is 1. The summed E-state index contributed by atoms with van der Waals surface area (Å²) in [6.45, 7) is 6.92. The van der Waals surface area contributed by atoms with Crippen molar-refractivity contribution >= 4 is 16.9 Å². The van der Waals surface area contributed by atoms with Gasteiger partial charge in [0.25, 0.3) is 0 Å². The number of hydrogen-bond donors (Lipinski definition) is 0. The van der Waals surface area contributed by atoms with Gasteiger partial charge in [-0.25, -0.2) is 14.6 Å². The predicted molar refractivity (Wildman–Crippen MR) is 94.0 cm³/mol. The Hall–Kier alpha value is -2.50. The number of aromatic nitrogens is 5. The van der Waals surface area contributed by atoms with Crippen LogP contribution in [0.3, 0.4) is 0 Å². The van der Waals surface area contributed by atoms with E-state index in [4.69, 9.17) is 4.98 Å². The second-order valence-electron chi connectivity index (χ2n) is 6.56. The third kappa shape index (κ3) is 2.96. The lowest BCUT2D eigenvalue weighted by molar-refractivity contribution is 0.346. The standard InChI is InChI=1S/C18H22N6/c1-13-20-14(2)24(22-13)12-15-6-5-9-23(11-15)18-10-19-16-7-3-4-8-17(16)21-18/h3-4,7-8,10,15H,5-6,9,11-12H2,1-2H3/t15-/m1/s1. The average Bonchev–Trinajstić information content (AvgIpc) is 2.92. The van der Waals surface area contributed by atoms with E-state index in [2.05, 4.69) is 20.0 Å². The van der Waals surface area contributed by atoms with Crippen LogP contribution in [0, 0.1) is 19.8 Å². The maximum atomic E-state index is 4.79. The van der Waals surface area contributed by atoms with Gasteiger partial charge in [-0.2, -0.15) is 5.10 Å². The number of nitrogens with zero attached hydrogens (tertiary/aromatic N) is 6. The van der Waals surface area contributed by atoms with Gasteiger partial charge in [0.05, 0.1) is 17.2 Å². The van der Waals surface area contributed by atoms with Crippen LogP contribution in [-0.4, -0.2) is 37.8 Å². The van der Waals surface area contributed by atoms with E-state index in [0.29, 0.717) is 5.92 Å². The van der Waals surface area contributed by atoms with Crippen molar-refractivity contribution < 1.29 is 0 Å². The molecule has 6 nitrogen and oxygen atoms in total. The molecule has 1 saturated heterocycles. The Kier molecular flexibility index (Phi) is 3.88. The molecule has 0 bridgehead atoms. The van der Waals surface area contributed by atoms with E-state index < -0.39 is 0 Å². The number of fused-ring (bicyclic) bond motifs is 1. The topological polar surface area (TPSA) is 59.7 Å². The first kappa shape index (κ1) is 15.1. The number of para-hydroxylation sites is 2. The minimum absolute atomic E-state index is 0.562. The Morgan fingerprint density at radius 1 is 1.12 bits per heavy atom. The lowest BCUT2D eigenvalue weighted by Gasteiger charge is -2.33. The summed E-state index contributed by atoms with van der Waals surface area (Å²) in [5.41, 5.74) is 1.91. The summed E-state index contributed by atoms with van der Waals surface area (Å²) >= 11 is 0. The fourth-order valence-electron chi connectivity index (χ4n) is 3.50. The third-order valence-corrected chi connectivity index (χ3v) is 4.67. The Morgan fingerprint density at radius 3 is 2.75 bits per heavy atom. The molecule has 1 aliphatic rings. The van der Waals surface area contributed by atoms with E-state index in [1.807, 2.05) is 49.0 Å². The molecular formula is C18H22N6. The summed E-state index contributed by atoms with van der Waals surface area (Å²) in [6, 6.07) is 8.03. The minimum atomic E-state index is 0.562. The summed E-state index contributed by atoms with van der Waals surface area (Å²) in [7, 11) is 0. The molecule has 0 aliphatic carbocycles. The van der Waals surface area contributed by atoms with Crippen LogP contribution in [0.15, 0.2) is 30.5 Å². The van der Waals surface area contributed by atoms with Gasteiger partial charge in [0, 0.05) is 19.6 Å². The molecule has 1 atom stereocenters. The van der Waals surface area contributed by atoms with Crippen molar-refractivity contribution in [3.63, 3.8) is 0 Å². The lowest BCUT2D eigenvalue weighted by Crippen LogP contribution is -2.38. The first-order valence-electron chi connectivity index (χ1n) is 8.54. The van der Waals surface area contributed by atoms with Crippen LogP contribution in [-0.2, 0) is 6.54 Å². The van der Waals surface area contributed by atoms with Crippen LogP contribution in [0.2, 0.25) is 0 Å². The number of hydrogen-bond acceptors (Lipinski definition) is 5. The molecule has 1 fully saturated rings. The van der Waals surface area contributed by atoms with Crippen LogP contribution >= 0.6 is 0 Å². The number of piperidine rings is 1. The van der Waals surface area contributed by atoms with Crippen molar-refractivity contribution in [3.8, 4) is 0 Å². The summed E-state index contributed by atoms with van der Waals surface area (Å²) in [4.78, 5) is 16.1. The molecule has 2 aromatic heterocycles. The molecule has 0 saturated carbocycles. The molecule has 24 heavy (non-hydrogen) atoms. The molecule has 4 rings (SSSR count). The van der Waals surface area contributed by atoms with Gasteiger partial charge in [-0.1, -0.05) is 12.1 Å². The number of aryl methyl sites for hydroxylation is 2. The average molecular weight is 322 g/mol. The molecule has 3 aromatic rings. The molecule has 0 unspecified atom stereocenters. The van der Waals surface area contributed by atoms with Gasteiger partial charge in [-0.05, 0) is 44.7 Å². The van der Waals surface area contributed by atoms with E-state index in [-0.39, 0.29) is 0 Å². The Bertz CT molecular complexity index is 856. The van der Waals surface area contributed by atoms with E-state index in [0.717, 1.165) is 48.1 Å². The van der Waals surface area contributed by atoms with Crippen LogP contribution in [0.5, 0.6) is 0 Å². The van der Waals surface area contributed by atoms with E-state index in [1.165, 1.54) is 12.8 Å². The third-order valence-electron chi connectivity index (χ3n) is 4.67. The lowest BCUT2D eigenvalue weighted by atomic mass is 9.98. The van der Waals surface area contributed by atoms with Crippen LogP contribution in [0.1, 0.15) is 24.5 Å². The zero-order chi connectivity index (χ0) is 16.5. The Balaban J connectivity index is 1.52. The highest BCUT2D eigenvalue weighted by molar-refractivity contribution is 5.75. The van der Waals surface area contributed by atoms with Gasteiger partial charge in [-0.15, -0.1) is 0 Å². The highest BCUT2D eigenvalue weighted by Gasteiger charge is 2.22. The predicted octanol–water partition coefficient (Wildman–Crippen LogP) is 2.75. The fraction of sp³-hybridized carbons (Fsp3) is 0.444. The quantitative estimate of drug-likeness (QED) is 0.742. The maximum Gasteiger partial charge on any atom is 0.147 e.